The minimum Gasteiger partial charge on any atom is -0.480 e. The molecule has 0 aliphatic carbocycles. The first kappa shape index (κ1) is 22.0. The number of benzene rings is 1. The molecular weight excluding hydrogens is 350 g/mol. The lowest BCUT2D eigenvalue weighted by molar-refractivity contribution is -0.142. The van der Waals surface area contributed by atoms with Crippen molar-refractivity contribution in [2.45, 2.75) is 45.9 Å². The van der Waals surface area contributed by atoms with Gasteiger partial charge in [-0.1, -0.05) is 44.2 Å². The number of alkyl carbamates (subject to hydrolysis) is 1. The fourth-order valence-corrected chi connectivity index (χ4v) is 2.32. The molecule has 0 radical (unpaired) electrons. The lowest BCUT2D eigenvalue weighted by Crippen LogP contribution is -2.54. The van der Waals surface area contributed by atoms with Crippen molar-refractivity contribution in [3.05, 3.63) is 35.9 Å². The van der Waals surface area contributed by atoms with Crippen LogP contribution in [0.15, 0.2) is 30.3 Å². The van der Waals surface area contributed by atoms with E-state index in [1.54, 1.807) is 32.9 Å². The number of carbonyl (C=O) groups excluding carboxylic acids is 2. The van der Waals surface area contributed by atoms with Crippen molar-refractivity contribution >= 4 is 18.0 Å². The van der Waals surface area contributed by atoms with Gasteiger partial charge in [0.15, 0.2) is 0 Å². The summed E-state index contributed by atoms with van der Waals surface area (Å²) in [6.45, 7) is 5.06. The van der Waals surface area contributed by atoms with E-state index in [2.05, 4.69) is 10.6 Å². The van der Waals surface area contributed by atoms with E-state index in [9.17, 15) is 19.5 Å². The first-order chi connectivity index (χ1) is 12.7. The predicted octanol–water partition coefficient (Wildman–Crippen LogP) is 2.06. The van der Waals surface area contributed by atoms with Crippen LogP contribution in [0.2, 0.25) is 0 Å². The molecule has 0 aromatic heterocycles. The summed E-state index contributed by atoms with van der Waals surface area (Å²) in [6, 6.07) is 8.83. The summed E-state index contributed by atoms with van der Waals surface area (Å²) in [4.78, 5) is 35.8. The van der Waals surface area contributed by atoms with Crippen molar-refractivity contribution < 1.29 is 24.2 Å². The van der Waals surface area contributed by atoms with Crippen molar-refractivity contribution in [1.82, 2.24) is 10.6 Å². The van der Waals surface area contributed by atoms with E-state index >= 15 is 0 Å². The lowest BCUT2D eigenvalue weighted by Gasteiger charge is -2.24. The summed E-state index contributed by atoms with van der Waals surface area (Å²) in [5.74, 6) is -2.70. The fourth-order valence-electron chi connectivity index (χ4n) is 2.32. The third kappa shape index (κ3) is 7.77. The molecule has 2 amide bonds. The Kier molecular flexibility index (Phi) is 8.79. The second-order valence-electron chi connectivity index (χ2n) is 6.59. The van der Waals surface area contributed by atoms with E-state index in [1.807, 2.05) is 24.3 Å². The monoisotopic (exact) mass is 375 g/mol. The highest BCUT2D eigenvalue weighted by Crippen LogP contribution is 2.08. The zero-order valence-corrected chi connectivity index (χ0v) is 15.6. The molecule has 0 saturated heterocycles. The van der Waals surface area contributed by atoms with Gasteiger partial charge in [-0.3, -0.25) is 4.79 Å². The summed E-state index contributed by atoms with van der Waals surface area (Å²) in [6.07, 6.45) is -0.800. The van der Waals surface area contributed by atoms with Crippen LogP contribution >= 0.6 is 0 Å². The van der Waals surface area contributed by atoms with Gasteiger partial charge in [0, 0.05) is 5.92 Å². The zero-order chi connectivity index (χ0) is 20.4. The Balaban J connectivity index is 2.67. The molecule has 3 atom stereocenters. The highest BCUT2D eigenvalue weighted by atomic mass is 16.5. The van der Waals surface area contributed by atoms with Gasteiger partial charge in [-0.15, -0.1) is 0 Å². The maximum atomic E-state index is 12.5. The van der Waals surface area contributed by atoms with Gasteiger partial charge in [-0.2, -0.15) is 5.26 Å². The zero-order valence-electron chi connectivity index (χ0n) is 15.6. The summed E-state index contributed by atoms with van der Waals surface area (Å²) in [7, 11) is 0. The van der Waals surface area contributed by atoms with Gasteiger partial charge in [0.25, 0.3) is 0 Å². The van der Waals surface area contributed by atoms with Gasteiger partial charge in [0.2, 0.25) is 5.91 Å². The summed E-state index contributed by atoms with van der Waals surface area (Å²) in [5, 5.41) is 22.9. The van der Waals surface area contributed by atoms with Gasteiger partial charge >= 0.3 is 12.1 Å². The Bertz CT molecular complexity index is 684. The second-order valence-corrected chi connectivity index (χ2v) is 6.59. The van der Waals surface area contributed by atoms with Gasteiger partial charge in [-0.25, -0.2) is 9.59 Å². The number of carboxylic acid groups (broad SMARTS) is 1. The lowest BCUT2D eigenvalue weighted by atomic mass is 10.0. The standard InChI is InChI=1S/C19H25N3O5/c1-12(2)16(17(23)21-15(18(24)25)9-13(3)10-20)22-19(26)27-11-14-7-5-4-6-8-14/h4-8,12-13,15-16H,9,11H2,1-3H3,(H,21,23)(H,22,26)(H,24,25)/t13-,15+,16-/m0/s1. The number of carbonyl (C=O) groups is 3. The number of aliphatic carboxylic acids is 1. The minimum atomic E-state index is -1.24. The molecule has 1 aromatic rings. The van der Waals surface area contributed by atoms with E-state index in [1.165, 1.54) is 0 Å². The number of nitrogens with zero attached hydrogens (tertiary/aromatic N) is 1. The molecule has 146 valence electrons. The quantitative estimate of drug-likeness (QED) is 0.606. The number of ether oxygens (including phenoxy) is 1. The van der Waals surface area contributed by atoms with E-state index in [0.29, 0.717) is 0 Å². The maximum absolute atomic E-state index is 12.5. The van der Waals surface area contributed by atoms with Crippen LogP contribution < -0.4 is 10.6 Å². The number of hydrogen-bond acceptors (Lipinski definition) is 5. The highest BCUT2D eigenvalue weighted by molar-refractivity contribution is 5.89. The molecule has 0 unspecified atom stereocenters. The van der Waals surface area contributed by atoms with Crippen molar-refractivity contribution in [2.24, 2.45) is 11.8 Å². The van der Waals surface area contributed by atoms with E-state index < -0.39 is 36.0 Å². The van der Waals surface area contributed by atoms with Crippen molar-refractivity contribution in [2.75, 3.05) is 0 Å². The number of rotatable bonds is 9. The third-order valence-electron chi connectivity index (χ3n) is 3.86. The largest absolute Gasteiger partial charge is 0.480 e. The van der Waals surface area contributed by atoms with Gasteiger partial charge in [-0.05, 0) is 24.8 Å². The highest BCUT2D eigenvalue weighted by Gasteiger charge is 2.29. The molecular formula is C19H25N3O5. The van der Waals surface area contributed by atoms with Gasteiger partial charge in [0.1, 0.15) is 18.7 Å². The number of nitrogens with one attached hydrogen (secondary N) is 2. The molecule has 8 heteroatoms. The van der Waals surface area contributed by atoms with Crippen LogP contribution in [0.3, 0.4) is 0 Å². The van der Waals surface area contributed by atoms with E-state index in [4.69, 9.17) is 10.00 Å². The van der Waals surface area contributed by atoms with Crippen LogP contribution in [0.4, 0.5) is 4.79 Å². The normalized spacial score (nSPS) is 13.7. The number of carboxylic acids is 1. The van der Waals surface area contributed by atoms with E-state index in [-0.39, 0.29) is 18.9 Å². The average Bonchev–Trinajstić information content (AvgIpc) is 2.64. The molecule has 0 aliphatic rings. The van der Waals surface area contributed by atoms with E-state index in [0.717, 1.165) is 5.56 Å². The summed E-state index contributed by atoms with van der Waals surface area (Å²) >= 11 is 0. The fraction of sp³-hybridized carbons (Fsp3) is 0.474. The molecule has 0 saturated carbocycles. The molecule has 1 aromatic carbocycles. The van der Waals surface area contributed by atoms with Crippen LogP contribution in [0, 0.1) is 23.2 Å². The molecule has 1 rings (SSSR count). The number of hydrogen-bond donors (Lipinski definition) is 3. The smallest absolute Gasteiger partial charge is 0.408 e. The maximum Gasteiger partial charge on any atom is 0.408 e. The Morgan fingerprint density at radius 2 is 1.78 bits per heavy atom. The Morgan fingerprint density at radius 1 is 1.15 bits per heavy atom. The molecule has 0 aliphatic heterocycles. The van der Waals surface area contributed by atoms with Gasteiger partial charge in [0.05, 0.1) is 6.07 Å². The summed E-state index contributed by atoms with van der Waals surface area (Å²) in [5.41, 5.74) is 0.801. The first-order valence-corrected chi connectivity index (χ1v) is 8.64. The molecule has 0 heterocycles. The van der Waals surface area contributed by atoms with Gasteiger partial charge < -0.3 is 20.5 Å². The Labute approximate surface area is 158 Å². The number of amides is 2. The Hall–Kier alpha value is -3.08. The van der Waals surface area contributed by atoms with Crippen molar-refractivity contribution in [1.29, 1.82) is 5.26 Å². The molecule has 27 heavy (non-hydrogen) atoms. The third-order valence-corrected chi connectivity index (χ3v) is 3.86. The predicted molar refractivity (Wildman–Crippen MR) is 97.3 cm³/mol. The SMILES string of the molecule is CC(C)[C@H](NC(=O)OCc1ccccc1)C(=O)N[C@H](C[C@H](C)C#N)C(=O)O. The summed E-state index contributed by atoms with van der Waals surface area (Å²) < 4.78 is 5.10. The molecule has 3 N–H and O–H groups in total. The molecule has 8 nitrogen and oxygen atoms in total. The van der Waals surface area contributed by atoms with Crippen molar-refractivity contribution in [3.63, 3.8) is 0 Å². The topological polar surface area (TPSA) is 129 Å². The van der Waals surface area contributed by atoms with Crippen LogP contribution in [-0.2, 0) is 20.9 Å². The number of nitriles is 1. The molecule has 0 spiro atoms. The minimum absolute atomic E-state index is 0.0269. The van der Waals surface area contributed by atoms with Crippen LogP contribution in [0.1, 0.15) is 32.8 Å². The first-order valence-electron chi connectivity index (χ1n) is 8.64. The molecule has 0 bridgehead atoms. The van der Waals surface area contributed by atoms with Crippen LogP contribution in [-0.4, -0.2) is 35.2 Å². The average molecular weight is 375 g/mol. The van der Waals surface area contributed by atoms with Crippen molar-refractivity contribution in [3.8, 4) is 6.07 Å². The Morgan fingerprint density at radius 3 is 2.30 bits per heavy atom. The van der Waals surface area contributed by atoms with Crippen LogP contribution in [0.25, 0.3) is 0 Å². The second kappa shape index (κ2) is 10.8. The molecule has 0 fully saturated rings. The van der Waals surface area contributed by atoms with Crippen LogP contribution in [0.5, 0.6) is 0 Å².